The number of nitrogens with two attached hydrogens (primary N) is 1. The lowest BCUT2D eigenvalue weighted by Gasteiger charge is -2.25. The third-order valence-electron chi connectivity index (χ3n) is 12.7. The second-order valence-electron chi connectivity index (χ2n) is 16.8. The molecule has 11 rings (SSSR count). The quantitative estimate of drug-likeness (QED) is 0.164. The number of para-hydroxylation sites is 3. The van der Waals surface area contributed by atoms with Crippen molar-refractivity contribution in [1.29, 1.82) is 0 Å². The summed E-state index contributed by atoms with van der Waals surface area (Å²) in [6.45, 7) is 5.32. The van der Waals surface area contributed by atoms with Crippen LogP contribution in [0.4, 0.5) is 0 Å². The normalized spacial score (nSPS) is 17.4. The van der Waals surface area contributed by atoms with Gasteiger partial charge in [-0.2, -0.15) is 0 Å². The van der Waals surface area contributed by atoms with Crippen LogP contribution in [-0.4, -0.2) is 16.8 Å². The van der Waals surface area contributed by atoms with Gasteiger partial charge in [0.1, 0.15) is 0 Å². The zero-order valence-electron chi connectivity index (χ0n) is 33.9. The van der Waals surface area contributed by atoms with Crippen LogP contribution in [0.1, 0.15) is 49.8 Å². The van der Waals surface area contributed by atoms with Gasteiger partial charge in [-0.05, 0) is 125 Å². The Morgan fingerprint density at radius 1 is 0.717 bits per heavy atom. The van der Waals surface area contributed by atoms with Crippen molar-refractivity contribution in [3.8, 4) is 50.9 Å². The molecular formula is C55H45N3O2. The van der Waals surface area contributed by atoms with Crippen molar-refractivity contribution in [3.63, 3.8) is 0 Å². The Balaban J connectivity index is 0.970. The van der Waals surface area contributed by atoms with Crippen LogP contribution in [0.25, 0.3) is 49.7 Å². The first-order valence-electron chi connectivity index (χ1n) is 21.0. The highest BCUT2D eigenvalue weighted by Gasteiger charge is 2.38. The molecule has 0 amide bonds. The Labute approximate surface area is 350 Å². The topological polar surface area (TPSA) is 61.8 Å². The van der Waals surface area contributed by atoms with E-state index in [0.29, 0.717) is 12.5 Å². The predicted octanol–water partition coefficient (Wildman–Crippen LogP) is 13.7. The molecule has 2 N–H and O–H groups in total. The summed E-state index contributed by atoms with van der Waals surface area (Å²) >= 11 is 0. The van der Waals surface area contributed by atoms with Crippen molar-refractivity contribution >= 4 is 27.5 Å². The molecule has 1 aromatic heterocycles. The van der Waals surface area contributed by atoms with E-state index in [1.165, 1.54) is 44.2 Å². The molecule has 60 heavy (non-hydrogen) atoms. The molecule has 0 spiro atoms. The van der Waals surface area contributed by atoms with Gasteiger partial charge in [0.2, 0.25) is 0 Å². The second-order valence-corrected chi connectivity index (χ2v) is 16.8. The van der Waals surface area contributed by atoms with Gasteiger partial charge in [-0.1, -0.05) is 117 Å². The minimum atomic E-state index is -0.224. The van der Waals surface area contributed by atoms with Gasteiger partial charge in [0.15, 0.2) is 23.0 Å². The summed E-state index contributed by atoms with van der Waals surface area (Å²) in [7, 11) is 0. The summed E-state index contributed by atoms with van der Waals surface area (Å²) in [5.74, 6) is 3.36. The molecule has 0 saturated heterocycles. The van der Waals surface area contributed by atoms with E-state index in [0.717, 1.165) is 81.5 Å². The maximum Gasteiger partial charge on any atom is 0.170 e. The van der Waals surface area contributed by atoms with Gasteiger partial charge in [0, 0.05) is 45.6 Å². The number of aromatic nitrogens is 1. The van der Waals surface area contributed by atoms with Crippen molar-refractivity contribution in [2.24, 2.45) is 16.6 Å². The smallest absolute Gasteiger partial charge is 0.170 e. The van der Waals surface area contributed by atoms with Gasteiger partial charge < -0.3 is 19.8 Å². The number of allylic oxidation sites excluding steroid dienone is 8. The molecule has 2 heterocycles. The molecule has 4 aliphatic rings. The molecule has 0 fully saturated rings. The highest BCUT2D eigenvalue weighted by Crippen LogP contribution is 2.55. The van der Waals surface area contributed by atoms with Gasteiger partial charge in [0.05, 0.1) is 16.7 Å². The van der Waals surface area contributed by atoms with Gasteiger partial charge in [-0.3, -0.25) is 4.99 Å². The van der Waals surface area contributed by atoms with Crippen LogP contribution < -0.4 is 15.2 Å². The number of hydrogen-bond acceptors (Lipinski definition) is 4. The first-order valence-corrected chi connectivity index (χ1v) is 21.0. The molecule has 6 aromatic carbocycles. The highest BCUT2D eigenvalue weighted by atomic mass is 16.6. The van der Waals surface area contributed by atoms with Crippen molar-refractivity contribution < 1.29 is 9.47 Å². The third-order valence-corrected chi connectivity index (χ3v) is 12.7. The Bertz CT molecular complexity index is 3090. The van der Waals surface area contributed by atoms with E-state index in [9.17, 15) is 0 Å². The van der Waals surface area contributed by atoms with Crippen LogP contribution >= 0.6 is 0 Å². The molecule has 0 bridgehead atoms. The second kappa shape index (κ2) is 14.3. The minimum absolute atomic E-state index is 0.224. The van der Waals surface area contributed by atoms with Crippen LogP contribution in [0, 0.1) is 5.92 Å². The molecule has 1 aliphatic heterocycles. The third kappa shape index (κ3) is 6.12. The largest absolute Gasteiger partial charge is 0.450 e. The Morgan fingerprint density at radius 3 is 2.30 bits per heavy atom. The fraction of sp³-hybridized carbons (Fsp3) is 0.145. The Morgan fingerprint density at radius 2 is 1.48 bits per heavy atom. The molecule has 0 saturated carbocycles. The Kier molecular flexibility index (Phi) is 8.59. The van der Waals surface area contributed by atoms with Gasteiger partial charge in [-0.25, -0.2) is 0 Å². The number of ether oxygens (including phenoxy) is 2. The molecule has 1 unspecified atom stereocenters. The average molecular weight is 780 g/mol. The van der Waals surface area contributed by atoms with E-state index in [-0.39, 0.29) is 5.41 Å². The maximum atomic E-state index is 6.78. The molecule has 5 nitrogen and oxygen atoms in total. The maximum absolute atomic E-state index is 6.78. The number of fused-ring (bicyclic) bond motifs is 8. The average Bonchev–Trinajstić information content (AvgIpc) is 3.74. The minimum Gasteiger partial charge on any atom is -0.450 e. The van der Waals surface area contributed by atoms with E-state index in [1.807, 2.05) is 24.3 Å². The zero-order chi connectivity index (χ0) is 40.4. The predicted molar refractivity (Wildman–Crippen MR) is 247 cm³/mol. The first-order chi connectivity index (χ1) is 29.4. The molecule has 1 atom stereocenters. The fourth-order valence-electron chi connectivity index (χ4n) is 9.46. The van der Waals surface area contributed by atoms with E-state index in [2.05, 4.69) is 164 Å². The number of hydrogen-bond donors (Lipinski definition) is 1. The van der Waals surface area contributed by atoms with Crippen LogP contribution in [0.15, 0.2) is 186 Å². The van der Waals surface area contributed by atoms with E-state index < -0.39 is 0 Å². The van der Waals surface area contributed by atoms with Gasteiger partial charge >= 0.3 is 0 Å². The molecule has 292 valence electrons. The first kappa shape index (κ1) is 36.0. The lowest BCUT2D eigenvalue weighted by Crippen LogP contribution is -2.15. The monoisotopic (exact) mass is 779 g/mol. The van der Waals surface area contributed by atoms with Crippen molar-refractivity contribution in [2.75, 3.05) is 6.54 Å². The lowest BCUT2D eigenvalue weighted by molar-refractivity contribution is 0.359. The van der Waals surface area contributed by atoms with E-state index in [1.54, 1.807) is 0 Å². The van der Waals surface area contributed by atoms with Crippen LogP contribution in [0.3, 0.4) is 0 Å². The lowest BCUT2D eigenvalue weighted by atomic mass is 9.81. The van der Waals surface area contributed by atoms with Crippen molar-refractivity contribution in [2.45, 2.75) is 38.5 Å². The van der Waals surface area contributed by atoms with E-state index >= 15 is 0 Å². The summed E-state index contributed by atoms with van der Waals surface area (Å²) in [5, 5.41) is 2.43. The fourth-order valence-corrected chi connectivity index (χ4v) is 9.46. The SMILES string of the molecule is CC1(C)c2cc(-c3ccc4c(c3)c3ccccc3n4-c3cccc(C(/C=C(\N)C4=CC=CCC4)=NCC4C=CC=CC4)c3)ccc2-c2cc3c(cc21)Oc1ccccc1O3. The molecular weight excluding hydrogens is 735 g/mol. The molecule has 0 radical (unpaired) electrons. The number of nitrogens with zero attached hydrogens (tertiary/aromatic N) is 2. The number of aliphatic imine (C=N–C) groups is 1. The summed E-state index contributed by atoms with van der Waals surface area (Å²) in [5.41, 5.74) is 21.2. The van der Waals surface area contributed by atoms with Gasteiger partial charge in [0.25, 0.3) is 0 Å². The standard InChI is InChI=1S/C55H45N3O2/c1-55(2)45-30-38(24-26-41(45)43-31-53-54(32-46(43)55)60-52-23-12-11-22-51(52)59-53)37-25-27-50-44(29-37)42-20-9-10-21-49(42)58(50)40-19-13-18-39(28-40)48(57-34-35-14-5-3-6-15-35)33-47(56)36-16-7-4-8-17-36/h3-7,9-14,16,18-33,35H,8,15,17,34,56H2,1-2H3/b47-33-,57-48?. The van der Waals surface area contributed by atoms with Gasteiger partial charge in [-0.15, -0.1) is 0 Å². The zero-order valence-corrected chi connectivity index (χ0v) is 33.9. The molecule has 7 aromatic rings. The summed E-state index contributed by atoms with van der Waals surface area (Å²) in [4.78, 5) is 5.23. The summed E-state index contributed by atoms with van der Waals surface area (Å²) in [6, 6.07) is 43.5. The Hall–Kier alpha value is -7.11. The summed E-state index contributed by atoms with van der Waals surface area (Å²) < 4.78 is 15.1. The van der Waals surface area contributed by atoms with E-state index in [4.69, 9.17) is 20.2 Å². The van der Waals surface area contributed by atoms with Crippen LogP contribution in [-0.2, 0) is 5.41 Å². The van der Waals surface area contributed by atoms with Crippen LogP contribution in [0.2, 0.25) is 0 Å². The van der Waals surface area contributed by atoms with Crippen LogP contribution in [0.5, 0.6) is 23.0 Å². The number of benzene rings is 6. The molecule has 5 heteroatoms. The van der Waals surface area contributed by atoms with Crippen molar-refractivity contribution in [1.82, 2.24) is 4.57 Å². The molecule has 3 aliphatic carbocycles. The number of rotatable bonds is 7. The highest BCUT2D eigenvalue weighted by molar-refractivity contribution is 6.12. The summed E-state index contributed by atoms with van der Waals surface area (Å²) in [6.07, 6.45) is 20.1. The van der Waals surface area contributed by atoms with Crippen molar-refractivity contribution in [3.05, 3.63) is 198 Å².